The lowest BCUT2D eigenvalue weighted by atomic mass is 10.0. The van der Waals surface area contributed by atoms with Gasteiger partial charge in [-0.05, 0) is 62.0 Å². The number of amides is 1. The van der Waals surface area contributed by atoms with E-state index in [4.69, 9.17) is 17.5 Å². The van der Waals surface area contributed by atoms with Gasteiger partial charge in [-0.3, -0.25) is 19.4 Å². The molecule has 7 nitrogen and oxygen atoms in total. The van der Waals surface area contributed by atoms with Gasteiger partial charge in [-0.25, -0.2) is 0 Å². The third kappa shape index (κ3) is 3.90. The highest BCUT2D eigenvalue weighted by Gasteiger charge is 2.49. The number of benzene rings is 1. The number of halogens is 3. The average Bonchev–Trinajstić information content (AvgIpc) is 3.28. The van der Waals surface area contributed by atoms with Crippen molar-refractivity contribution in [3.63, 3.8) is 0 Å². The van der Waals surface area contributed by atoms with E-state index in [1.165, 1.54) is 12.1 Å². The summed E-state index contributed by atoms with van der Waals surface area (Å²) < 4.78 is 42.1. The van der Waals surface area contributed by atoms with Gasteiger partial charge >= 0.3 is 6.18 Å². The van der Waals surface area contributed by atoms with Gasteiger partial charge in [-0.1, -0.05) is 6.07 Å². The van der Waals surface area contributed by atoms with E-state index in [1.807, 2.05) is 25.2 Å². The first-order chi connectivity index (χ1) is 15.9. The van der Waals surface area contributed by atoms with Crippen LogP contribution in [0.4, 0.5) is 18.9 Å². The van der Waals surface area contributed by atoms with Gasteiger partial charge in [0.15, 0.2) is 5.11 Å². The molecule has 3 heterocycles. The molecular weight excluding hydrogens is 465 g/mol. The number of nitriles is 1. The van der Waals surface area contributed by atoms with Crippen LogP contribution in [0.2, 0.25) is 0 Å². The number of alkyl halides is 3. The molecule has 3 aromatic rings. The SMILES string of the molecule is Cn1nccc1-c1ccc(CN2C(=S)N(c3ccc(C#N)c(C(F)(F)F)c3)C(=O)C2(C)C)cn1. The molecule has 1 aromatic carbocycles. The Balaban J connectivity index is 1.64. The second-order valence-electron chi connectivity index (χ2n) is 8.30. The fraction of sp³-hybridized carbons (Fsp3) is 0.261. The Morgan fingerprint density at radius 1 is 1.18 bits per heavy atom. The van der Waals surface area contributed by atoms with Gasteiger partial charge in [-0.2, -0.15) is 23.5 Å². The number of nitrogens with zero attached hydrogens (tertiary/aromatic N) is 6. The van der Waals surface area contributed by atoms with Crippen molar-refractivity contribution in [3.8, 4) is 17.5 Å². The summed E-state index contributed by atoms with van der Waals surface area (Å²) in [6.07, 6.45) is -1.41. The second kappa shape index (κ2) is 8.22. The smallest absolute Gasteiger partial charge is 0.330 e. The Labute approximate surface area is 199 Å². The minimum atomic E-state index is -4.75. The van der Waals surface area contributed by atoms with E-state index in [2.05, 4.69) is 10.1 Å². The third-order valence-electron chi connectivity index (χ3n) is 5.76. The summed E-state index contributed by atoms with van der Waals surface area (Å²) >= 11 is 5.53. The predicted molar refractivity (Wildman–Crippen MR) is 122 cm³/mol. The van der Waals surface area contributed by atoms with Gasteiger partial charge in [0.25, 0.3) is 5.91 Å². The lowest BCUT2D eigenvalue weighted by Crippen LogP contribution is -2.43. The Bertz CT molecular complexity index is 1320. The van der Waals surface area contributed by atoms with E-state index in [9.17, 15) is 18.0 Å². The summed E-state index contributed by atoms with van der Waals surface area (Å²) in [6.45, 7) is 3.55. The molecule has 174 valence electrons. The second-order valence-corrected chi connectivity index (χ2v) is 8.66. The van der Waals surface area contributed by atoms with Crippen molar-refractivity contribution in [3.05, 3.63) is 65.5 Å². The molecule has 0 atom stereocenters. The first-order valence-corrected chi connectivity index (χ1v) is 10.6. The summed E-state index contributed by atoms with van der Waals surface area (Å²) in [5.74, 6) is -0.463. The minimum absolute atomic E-state index is 0.0402. The van der Waals surface area contributed by atoms with Crippen LogP contribution in [0.3, 0.4) is 0 Å². The molecule has 34 heavy (non-hydrogen) atoms. The Morgan fingerprint density at radius 2 is 1.91 bits per heavy atom. The molecule has 0 radical (unpaired) electrons. The number of carbonyl (C=O) groups excluding carboxylic acids is 1. The van der Waals surface area contributed by atoms with Crippen molar-refractivity contribution < 1.29 is 18.0 Å². The number of rotatable bonds is 4. The first-order valence-electron chi connectivity index (χ1n) is 10.2. The van der Waals surface area contributed by atoms with Gasteiger partial charge in [0.1, 0.15) is 5.54 Å². The van der Waals surface area contributed by atoms with Crippen molar-refractivity contribution in [2.24, 2.45) is 7.05 Å². The zero-order chi connectivity index (χ0) is 24.8. The van der Waals surface area contributed by atoms with Crippen LogP contribution in [0.25, 0.3) is 11.4 Å². The average molecular weight is 485 g/mol. The van der Waals surface area contributed by atoms with Gasteiger partial charge in [-0.15, -0.1) is 0 Å². The molecule has 2 aromatic heterocycles. The summed E-state index contributed by atoms with van der Waals surface area (Å²) in [5, 5.41) is 13.2. The molecule has 0 spiro atoms. The highest BCUT2D eigenvalue weighted by Crippen LogP contribution is 2.38. The number of thiocarbonyl (C=S) groups is 1. The number of aromatic nitrogens is 3. The molecule has 0 unspecified atom stereocenters. The fourth-order valence-corrected chi connectivity index (χ4v) is 4.29. The monoisotopic (exact) mass is 484 g/mol. The number of hydrogen-bond acceptors (Lipinski definition) is 5. The maximum absolute atomic E-state index is 13.5. The number of pyridine rings is 1. The van der Waals surface area contributed by atoms with E-state index >= 15 is 0 Å². The lowest BCUT2D eigenvalue weighted by molar-refractivity contribution is -0.137. The molecule has 1 aliphatic rings. The first kappa shape index (κ1) is 23.4. The lowest BCUT2D eigenvalue weighted by Gasteiger charge is -2.29. The van der Waals surface area contributed by atoms with Crippen molar-refractivity contribution in [1.82, 2.24) is 19.7 Å². The van der Waals surface area contributed by atoms with E-state index in [1.54, 1.807) is 35.8 Å². The Kier molecular flexibility index (Phi) is 5.65. The maximum atomic E-state index is 13.5. The molecule has 4 rings (SSSR count). The van der Waals surface area contributed by atoms with Crippen LogP contribution >= 0.6 is 12.2 Å². The van der Waals surface area contributed by atoms with Crippen molar-refractivity contribution in [1.29, 1.82) is 5.26 Å². The number of carbonyl (C=O) groups is 1. The number of aryl methyl sites for hydroxylation is 1. The third-order valence-corrected chi connectivity index (χ3v) is 6.16. The zero-order valence-corrected chi connectivity index (χ0v) is 19.3. The minimum Gasteiger partial charge on any atom is -0.330 e. The summed E-state index contributed by atoms with van der Waals surface area (Å²) in [5.41, 5.74) is -0.454. The molecule has 1 aliphatic heterocycles. The molecule has 0 bridgehead atoms. The van der Waals surface area contributed by atoms with Crippen molar-refractivity contribution in [2.45, 2.75) is 32.1 Å². The van der Waals surface area contributed by atoms with Crippen LogP contribution in [0.1, 0.15) is 30.5 Å². The van der Waals surface area contributed by atoms with E-state index in [0.29, 0.717) is 0 Å². The quantitative estimate of drug-likeness (QED) is 0.515. The fourth-order valence-electron chi connectivity index (χ4n) is 3.81. The Hall–Kier alpha value is -3.78. The van der Waals surface area contributed by atoms with Gasteiger partial charge in [0.05, 0.1) is 34.3 Å². The summed E-state index contributed by atoms with van der Waals surface area (Å²) in [6, 6.07) is 10.2. The standard InChI is InChI=1S/C23H19F3N6OS/c1-22(2)20(33)32(16-6-5-15(11-27)17(10-16)23(24,25)26)21(34)31(22)13-14-4-7-18(28-12-14)19-8-9-29-30(19)3/h4-10,12H,13H2,1-3H3. The van der Waals surface area contributed by atoms with E-state index in [-0.39, 0.29) is 17.3 Å². The zero-order valence-electron chi connectivity index (χ0n) is 18.5. The molecule has 0 N–H and O–H groups in total. The highest BCUT2D eigenvalue weighted by atomic mass is 32.1. The normalized spacial score (nSPS) is 15.7. The molecular formula is C23H19F3N6OS. The van der Waals surface area contributed by atoms with Crippen LogP contribution in [0.15, 0.2) is 48.8 Å². The highest BCUT2D eigenvalue weighted by molar-refractivity contribution is 7.80. The number of hydrogen-bond donors (Lipinski definition) is 0. The molecule has 1 fully saturated rings. The van der Waals surface area contributed by atoms with Gasteiger partial charge in [0.2, 0.25) is 0 Å². The van der Waals surface area contributed by atoms with Gasteiger partial charge < -0.3 is 4.90 Å². The topological polar surface area (TPSA) is 78.0 Å². The summed E-state index contributed by atoms with van der Waals surface area (Å²) in [4.78, 5) is 20.4. The molecule has 0 saturated carbocycles. The Morgan fingerprint density at radius 3 is 2.47 bits per heavy atom. The van der Waals surface area contributed by atoms with Crippen molar-refractivity contribution in [2.75, 3.05) is 4.90 Å². The summed E-state index contributed by atoms with van der Waals surface area (Å²) in [7, 11) is 1.81. The largest absolute Gasteiger partial charge is 0.417 e. The van der Waals surface area contributed by atoms with Crippen LogP contribution in [-0.2, 0) is 24.6 Å². The van der Waals surface area contributed by atoms with Crippen LogP contribution in [0, 0.1) is 11.3 Å². The van der Waals surface area contributed by atoms with Crippen LogP contribution in [-0.4, -0.2) is 36.2 Å². The van der Waals surface area contributed by atoms with Crippen LogP contribution < -0.4 is 4.90 Å². The predicted octanol–water partition coefficient (Wildman–Crippen LogP) is 4.28. The molecule has 0 aliphatic carbocycles. The van der Waals surface area contributed by atoms with E-state index in [0.717, 1.165) is 34.0 Å². The molecule has 11 heteroatoms. The van der Waals surface area contributed by atoms with Crippen LogP contribution in [0.5, 0.6) is 0 Å². The molecule has 1 saturated heterocycles. The maximum Gasteiger partial charge on any atom is 0.417 e. The van der Waals surface area contributed by atoms with Gasteiger partial charge in [0, 0.05) is 26.0 Å². The number of anilines is 1. The van der Waals surface area contributed by atoms with E-state index < -0.39 is 28.7 Å². The molecule has 1 amide bonds. The van der Waals surface area contributed by atoms with Crippen molar-refractivity contribution >= 4 is 28.9 Å².